The molecule has 1 unspecified atom stereocenters. The Morgan fingerprint density at radius 3 is 2.52 bits per heavy atom. The molecule has 2 aromatic rings. The third-order valence-corrected chi connectivity index (χ3v) is 3.96. The molecule has 1 amide bonds. The molecule has 1 heterocycles. The Morgan fingerprint density at radius 2 is 1.91 bits per heavy atom. The summed E-state index contributed by atoms with van der Waals surface area (Å²) >= 11 is 5.94. The highest BCUT2D eigenvalue weighted by atomic mass is 35.5. The summed E-state index contributed by atoms with van der Waals surface area (Å²) in [7, 11) is 0. The molecule has 1 aliphatic carbocycles. The molecule has 1 N–H and O–H groups in total. The normalized spacial score (nSPS) is 15.5. The fraction of sp³-hybridized carbons (Fsp3) is 0.294. The van der Waals surface area contributed by atoms with Gasteiger partial charge in [0.1, 0.15) is 11.2 Å². The Morgan fingerprint density at radius 1 is 1.22 bits per heavy atom. The highest BCUT2D eigenvalue weighted by Gasteiger charge is 2.28. The average Bonchev–Trinajstić information content (AvgIpc) is 3.37. The first-order valence-electron chi connectivity index (χ1n) is 7.36. The molecule has 0 spiro atoms. The summed E-state index contributed by atoms with van der Waals surface area (Å²) < 4.78 is 26.6. The highest BCUT2D eigenvalue weighted by Crippen LogP contribution is 2.39. The molecule has 1 fully saturated rings. The lowest BCUT2D eigenvalue weighted by Gasteiger charge is -2.18. The molecule has 1 aromatic heterocycles. The quantitative estimate of drug-likeness (QED) is 0.825. The van der Waals surface area contributed by atoms with Gasteiger partial charge in [-0.3, -0.25) is 4.79 Å². The van der Waals surface area contributed by atoms with Gasteiger partial charge in [0.15, 0.2) is 0 Å². The van der Waals surface area contributed by atoms with Crippen LogP contribution in [-0.2, 0) is 0 Å². The summed E-state index contributed by atoms with van der Waals surface area (Å²) in [6.07, 6.45) is -0.683. The second kappa shape index (κ2) is 6.62. The van der Waals surface area contributed by atoms with E-state index in [1.54, 1.807) is 36.4 Å². The van der Waals surface area contributed by atoms with Crippen LogP contribution in [0.25, 0.3) is 0 Å². The number of nitrogens with one attached hydrogen (secondary N) is 1. The lowest BCUT2D eigenvalue weighted by atomic mass is 10.1. The van der Waals surface area contributed by atoms with E-state index >= 15 is 0 Å². The minimum absolute atomic E-state index is 0.202. The molecule has 3 nitrogen and oxygen atoms in total. The molecule has 1 aliphatic rings. The van der Waals surface area contributed by atoms with E-state index in [4.69, 9.17) is 11.6 Å². The van der Waals surface area contributed by atoms with Crippen LogP contribution in [0.5, 0.6) is 0 Å². The van der Waals surface area contributed by atoms with Gasteiger partial charge in [0.05, 0.1) is 0 Å². The molecule has 0 aliphatic heterocycles. The summed E-state index contributed by atoms with van der Waals surface area (Å²) in [4.78, 5) is 16.5. The van der Waals surface area contributed by atoms with Crippen molar-refractivity contribution in [1.29, 1.82) is 0 Å². The number of carbonyl (C=O) groups is 1. The predicted molar refractivity (Wildman–Crippen MR) is 83.9 cm³/mol. The molecular formula is C17H15ClF2N2O. The predicted octanol–water partition coefficient (Wildman–Crippen LogP) is 4.35. The van der Waals surface area contributed by atoms with Crippen LogP contribution in [0.15, 0.2) is 42.5 Å². The number of alkyl halides is 2. The van der Waals surface area contributed by atoms with Crippen LogP contribution >= 0.6 is 11.6 Å². The van der Waals surface area contributed by atoms with Crippen LogP contribution in [0.3, 0.4) is 0 Å². The topological polar surface area (TPSA) is 42.0 Å². The minimum Gasteiger partial charge on any atom is -0.339 e. The van der Waals surface area contributed by atoms with E-state index in [0.717, 1.165) is 18.5 Å². The van der Waals surface area contributed by atoms with Crippen LogP contribution in [0.2, 0.25) is 5.15 Å². The molecule has 0 bridgehead atoms. The maximum atomic E-state index is 13.3. The van der Waals surface area contributed by atoms with E-state index in [1.807, 2.05) is 0 Å². The Kier molecular flexibility index (Phi) is 4.57. The molecule has 1 aromatic carbocycles. The Labute approximate surface area is 137 Å². The molecule has 120 valence electrons. The second-order valence-corrected chi connectivity index (χ2v) is 5.96. The van der Waals surface area contributed by atoms with E-state index < -0.39 is 18.4 Å². The Bertz CT molecular complexity index is 705. The lowest BCUT2D eigenvalue weighted by molar-refractivity contribution is 0.0744. The maximum Gasteiger partial charge on any atom is 0.262 e. The van der Waals surface area contributed by atoms with E-state index in [-0.39, 0.29) is 10.7 Å². The number of hydrogen-bond acceptors (Lipinski definition) is 2. The van der Waals surface area contributed by atoms with Crippen molar-refractivity contribution in [2.45, 2.75) is 31.2 Å². The number of aromatic nitrogens is 1. The van der Waals surface area contributed by atoms with E-state index in [9.17, 15) is 13.6 Å². The molecule has 3 rings (SSSR count). The smallest absolute Gasteiger partial charge is 0.262 e. The number of nitrogens with zero attached hydrogens (tertiary/aromatic N) is 1. The Hall–Kier alpha value is -2.01. The first-order chi connectivity index (χ1) is 11.0. The van der Waals surface area contributed by atoms with Gasteiger partial charge in [0.2, 0.25) is 0 Å². The molecule has 23 heavy (non-hydrogen) atoms. The third-order valence-electron chi connectivity index (χ3n) is 3.77. The van der Waals surface area contributed by atoms with Gasteiger partial charge in [-0.05, 0) is 30.5 Å². The average molecular weight is 337 g/mol. The van der Waals surface area contributed by atoms with E-state index in [1.165, 1.54) is 6.07 Å². The fourth-order valence-corrected chi connectivity index (χ4v) is 2.63. The molecule has 1 saturated carbocycles. The van der Waals surface area contributed by atoms with Crippen LogP contribution < -0.4 is 5.32 Å². The van der Waals surface area contributed by atoms with Gasteiger partial charge >= 0.3 is 0 Å². The number of amides is 1. The summed E-state index contributed by atoms with van der Waals surface area (Å²) in [6.45, 7) is 0. The fourth-order valence-electron chi connectivity index (χ4n) is 2.41. The van der Waals surface area contributed by atoms with Crippen molar-refractivity contribution in [2.75, 3.05) is 0 Å². The number of pyridine rings is 1. The number of halogens is 3. The van der Waals surface area contributed by atoms with Crippen molar-refractivity contribution < 1.29 is 13.6 Å². The Balaban J connectivity index is 1.82. The van der Waals surface area contributed by atoms with Crippen molar-refractivity contribution in [1.82, 2.24) is 10.3 Å². The van der Waals surface area contributed by atoms with Gasteiger partial charge in [0, 0.05) is 17.2 Å². The van der Waals surface area contributed by atoms with E-state index in [2.05, 4.69) is 10.3 Å². The summed E-state index contributed by atoms with van der Waals surface area (Å²) in [5, 5.41) is 2.59. The molecule has 1 atom stereocenters. The molecule has 0 radical (unpaired) electrons. The van der Waals surface area contributed by atoms with Gasteiger partial charge in [-0.2, -0.15) is 0 Å². The highest BCUT2D eigenvalue weighted by molar-refractivity contribution is 6.29. The zero-order valence-electron chi connectivity index (χ0n) is 12.2. The first kappa shape index (κ1) is 15.9. The van der Waals surface area contributed by atoms with Crippen molar-refractivity contribution in [3.8, 4) is 0 Å². The number of rotatable bonds is 5. The van der Waals surface area contributed by atoms with Crippen LogP contribution in [0.4, 0.5) is 8.78 Å². The van der Waals surface area contributed by atoms with Gasteiger partial charge < -0.3 is 5.32 Å². The van der Waals surface area contributed by atoms with Gasteiger partial charge in [-0.15, -0.1) is 0 Å². The maximum absolute atomic E-state index is 13.3. The van der Waals surface area contributed by atoms with Crippen molar-refractivity contribution in [3.63, 3.8) is 0 Å². The molecule has 6 heteroatoms. The monoisotopic (exact) mass is 336 g/mol. The zero-order chi connectivity index (χ0) is 16.4. The third kappa shape index (κ3) is 3.85. The number of hydrogen-bond donors (Lipinski definition) is 1. The van der Waals surface area contributed by atoms with E-state index in [0.29, 0.717) is 11.5 Å². The number of benzene rings is 1. The van der Waals surface area contributed by atoms with Gasteiger partial charge in [-0.25, -0.2) is 13.8 Å². The SMILES string of the molecule is O=C(NC(c1ccccc1)C(F)F)c1cc(Cl)nc(C2CC2)c1. The van der Waals surface area contributed by atoms with Crippen molar-refractivity contribution in [2.24, 2.45) is 0 Å². The molecular weight excluding hydrogens is 322 g/mol. The van der Waals surface area contributed by atoms with Crippen molar-refractivity contribution >= 4 is 17.5 Å². The van der Waals surface area contributed by atoms with Crippen LogP contribution in [0, 0.1) is 0 Å². The van der Waals surface area contributed by atoms with Gasteiger partial charge in [-0.1, -0.05) is 41.9 Å². The molecule has 0 saturated heterocycles. The zero-order valence-corrected chi connectivity index (χ0v) is 12.9. The first-order valence-corrected chi connectivity index (χ1v) is 7.74. The number of carbonyl (C=O) groups excluding carboxylic acids is 1. The van der Waals surface area contributed by atoms with Crippen LogP contribution in [-0.4, -0.2) is 17.3 Å². The standard InChI is InChI=1S/C17H15ClF2N2O/c18-14-9-12(8-13(21-14)10-6-7-10)17(23)22-15(16(19)20)11-4-2-1-3-5-11/h1-5,8-10,15-16H,6-7H2,(H,22,23). The summed E-state index contributed by atoms with van der Waals surface area (Å²) in [5.41, 5.74) is 1.36. The van der Waals surface area contributed by atoms with Crippen molar-refractivity contribution in [3.05, 3.63) is 64.4 Å². The van der Waals surface area contributed by atoms with Gasteiger partial charge in [0.25, 0.3) is 12.3 Å². The largest absolute Gasteiger partial charge is 0.339 e. The second-order valence-electron chi connectivity index (χ2n) is 5.57. The summed E-state index contributed by atoms with van der Waals surface area (Å²) in [5.74, 6) is -0.259. The summed E-state index contributed by atoms with van der Waals surface area (Å²) in [6, 6.07) is 9.84. The van der Waals surface area contributed by atoms with Crippen LogP contribution in [0.1, 0.15) is 46.4 Å². The lowest BCUT2D eigenvalue weighted by Crippen LogP contribution is -2.33. The minimum atomic E-state index is -2.71.